The number of fused-ring (bicyclic) bond motifs is 2. The average molecular weight is 406 g/mol. The van der Waals surface area contributed by atoms with Crippen LogP contribution < -0.4 is 14.8 Å². The molecule has 7 nitrogen and oxygen atoms in total. The van der Waals surface area contributed by atoms with Gasteiger partial charge in [-0.05, 0) is 50.1 Å². The summed E-state index contributed by atoms with van der Waals surface area (Å²) >= 11 is 0. The second-order valence-corrected chi connectivity index (χ2v) is 7.17. The van der Waals surface area contributed by atoms with Gasteiger partial charge in [0, 0.05) is 11.9 Å². The van der Waals surface area contributed by atoms with Crippen molar-refractivity contribution in [2.45, 2.75) is 33.4 Å². The summed E-state index contributed by atoms with van der Waals surface area (Å²) in [6.45, 7) is 5.65. The van der Waals surface area contributed by atoms with E-state index >= 15 is 0 Å². The first kappa shape index (κ1) is 19.7. The predicted octanol–water partition coefficient (Wildman–Crippen LogP) is 3.44. The summed E-state index contributed by atoms with van der Waals surface area (Å²) in [4.78, 5) is 29.7. The van der Waals surface area contributed by atoms with Crippen molar-refractivity contribution in [1.82, 2.24) is 10.3 Å². The van der Waals surface area contributed by atoms with Gasteiger partial charge < -0.3 is 19.5 Å². The van der Waals surface area contributed by atoms with Crippen LogP contribution in [-0.4, -0.2) is 29.8 Å². The topological polar surface area (TPSA) is 86.8 Å². The fraction of sp³-hybridized carbons (Fsp3) is 0.261. The van der Waals surface area contributed by atoms with Crippen LogP contribution in [0, 0.1) is 13.8 Å². The van der Waals surface area contributed by atoms with Crippen LogP contribution in [0.15, 0.2) is 42.5 Å². The highest BCUT2D eigenvalue weighted by Gasteiger charge is 2.23. The number of carbonyl (C=O) groups excluding carboxylic acids is 2. The van der Waals surface area contributed by atoms with E-state index in [1.165, 1.54) is 0 Å². The maximum atomic E-state index is 12.8. The molecule has 0 saturated heterocycles. The molecule has 2 aromatic carbocycles. The summed E-state index contributed by atoms with van der Waals surface area (Å²) in [5.41, 5.74) is 3.43. The van der Waals surface area contributed by atoms with Gasteiger partial charge in [0.05, 0.1) is 16.8 Å². The van der Waals surface area contributed by atoms with Crippen molar-refractivity contribution in [3.63, 3.8) is 0 Å². The van der Waals surface area contributed by atoms with Gasteiger partial charge in [0.15, 0.2) is 17.6 Å². The summed E-state index contributed by atoms with van der Waals surface area (Å²) in [5.74, 6) is 0.386. The zero-order valence-electron chi connectivity index (χ0n) is 17.0. The SMILES string of the molecule is Cc1nc2ccccc2c(C)c1C(=O)O[C@@H](C)C(=O)NCc1ccc2c(c1)OCO2. The third kappa shape index (κ3) is 3.78. The van der Waals surface area contributed by atoms with Gasteiger partial charge in [0.2, 0.25) is 6.79 Å². The number of nitrogens with zero attached hydrogens (tertiary/aromatic N) is 1. The first-order valence-corrected chi connectivity index (χ1v) is 9.67. The molecule has 0 saturated carbocycles. The Bertz CT molecular complexity index is 1140. The lowest BCUT2D eigenvalue weighted by Gasteiger charge is -2.16. The molecular formula is C23H22N2O5. The molecule has 0 fully saturated rings. The summed E-state index contributed by atoms with van der Waals surface area (Å²) in [6, 6.07) is 13.1. The molecule has 1 amide bonds. The van der Waals surface area contributed by atoms with E-state index in [1.807, 2.05) is 43.3 Å². The Kier molecular flexibility index (Phi) is 5.27. The summed E-state index contributed by atoms with van der Waals surface area (Å²) in [5, 5.41) is 3.66. The Morgan fingerprint density at radius 3 is 2.73 bits per heavy atom. The van der Waals surface area contributed by atoms with Crippen molar-refractivity contribution >= 4 is 22.8 Å². The van der Waals surface area contributed by atoms with Crippen LogP contribution >= 0.6 is 0 Å². The number of para-hydroxylation sites is 1. The molecule has 30 heavy (non-hydrogen) atoms. The molecule has 1 aliphatic rings. The number of ether oxygens (including phenoxy) is 3. The molecule has 1 atom stereocenters. The molecule has 0 aliphatic carbocycles. The Balaban J connectivity index is 1.42. The van der Waals surface area contributed by atoms with Gasteiger partial charge in [-0.2, -0.15) is 0 Å². The number of esters is 1. The zero-order chi connectivity index (χ0) is 21.3. The van der Waals surface area contributed by atoms with Crippen LogP contribution in [0.1, 0.15) is 34.1 Å². The van der Waals surface area contributed by atoms with Crippen LogP contribution in [0.25, 0.3) is 10.9 Å². The number of hydrogen-bond acceptors (Lipinski definition) is 6. The van der Waals surface area contributed by atoms with Crippen LogP contribution in [0.4, 0.5) is 0 Å². The van der Waals surface area contributed by atoms with Gasteiger partial charge in [-0.25, -0.2) is 4.79 Å². The molecule has 0 bridgehead atoms. The molecule has 154 valence electrons. The van der Waals surface area contributed by atoms with Gasteiger partial charge in [0.1, 0.15) is 0 Å². The monoisotopic (exact) mass is 406 g/mol. The van der Waals surface area contributed by atoms with Crippen molar-refractivity contribution in [3.05, 3.63) is 64.8 Å². The number of aryl methyl sites for hydroxylation is 2. The molecule has 3 aromatic rings. The van der Waals surface area contributed by atoms with Gasteiger partial charge in [0.25, 0.3) is 5.91 Å². The minimum Gasteiger partial charge on any atom is -0.454 e. The fourth-order valence-corrected chi connectivity index (χ4v) is 3.49. The van der Waals surface area contributed by atoms with Crippen molar-refractivity contribution in [3.8, 4) is 11.5 Å². The lowest BCUT2D eigenvalue weighted by molar-refractivity contribution is -0.129. The summed E-state index contributed by atoms with van der Waals surface area (Å²) in [6.07, 6.45) is -0.947. The maximum absolute atomic E-state index is 12.8. The molecule has 1 N–H and O–H groups in total. The number of pyridine rings is 1. The number of benzene rings is 2. The van der Waals surface area contributed by atoms with E-state index in [9.17, 15) is 9.59 Å². The van der Waals surface area contributed by atoms with Crippen LogP contribution in [0.2, 0.25) is 0 Å². The Labute approximate surface area is 174 Å². The second-order valence-electron chi connectivity index (χ2n) is 7.17. The normalized spacial score (nSPS) is 13.2. The molecule has 1 aromatic heterocycles. The Hall–Kier alpha value is -3.61. The highest BCUT2D eigenvalue weighted by atomic mass is 16.7. The third-order valence-electron chi connectivity index (χ3n) is 5.09. The van der Waals surface area contributed by atoms with E-state index in [1.54, 1.807) is 19.9 Å². The fourth-order valence-electron chi connectivity index (χ4n) is 3.49. The lowest BCUT2D eigenvalue weighted by Crippen LogP contribution is -2.35. The Morgan fingerprint density at radius 1 is 1.13 bits per heavy atom. The van der Waals surface area contributed by atoms with Gasteiger partial charge in [-0.15, -0.1) is 0 Å². The highest BCUT2D eigenvalue weighted by Crippen LogP contribution is 2.32. The standard InChI is InChI=1S/C23H22N2O5/c1-13-17-6-4-5-7-18(17)25-14(2)21(13)23(27)30-15(3)22(26)24-11-16-8-9-19-20(10-16)29-12-28-19/h4-10,15H,11-12H2,1-3H3,(H,24,26)/t15-/m0/s1. The minimum atomic E-state index is -0.947. The van der Waals surface area contributed by atoms with E-state index in [-0.39, 0.29) is 19.2 Å². The molecule has 0 spiro atoms. The van der Waals surface area contributed by atoms with Crippen LogP contribution in [0.5, 0.6) is 11.5 Å². The number of hydrogen-bond donors (Lipinski definition) is 1. The molecule has 0 unspecified atom stereocenters. The molecular weight excluding hydrogens is 384 g/mol. The van der Waals surface area contributed by atoms with Crippen LogP contribution in [-0.2, 0) is 16.1 Å². The summed E-state index contributed by atoms with van der Waals surface area (Å²) < 4.78 is 16.1. The lowest BCUT2D eigenvalue weighted by atomic mass is 10.0. The summed E-state index contributed by atoms with van der Waals surface area (Å²) in [7, 11) is 0. The number of amides is 1. The van der Waals surface area contributed by atoms with Crippen molar-refractivity contribution in [1.29, 1.82) is 0 Å². The smallest absolute Gasteiger partial charge is 0.341 e. The van der Waals surface area contributed by atoms with Crippen molar-refractivity contribution in [2.75, 3.05) is 6.79 Å². The molecule has 4 rings (SSSR count). The van der Waals surface area contributed by atoms with Crippen LogP contribution in [0.3, 0.4) is 0 Å². The first-order valence-electron chi connectivity index (χ1n) is 9.67. The molecule has 1 aliphatic heterocycles. The predicted molar refractivity (Wildman–Crippen MR) is 111 cm³/mol. The number of nitrogens with one attached hydrogen (secondary N) is 1. The minimum absolute atomic E-state index is 0.195. The number of rotatable bonds is 5. The van der Waals surface area contributed by atoms with Gasteiger partial charge in [-0.1, -0.05) is 24.3 Å². The zero-order valence-corrected chi connectivity index (χ0v) is 17.0. The number of carbonyl (C=O) groups is 2. The first-order chi connectivity index (χ1) is 14.4. The average Bonchev–Trinajstić information content (AvgIpc) is 3.19. The van der Waals surface area contributed by atoms with E-state index in [0.717, 1.165) is 22.0 Å². The molecule has 7 heteroatoms. The largest absolute Gasteiger partial charge is 0.454 e. The van der Waals surface area contributed by atoms with E-state index in [2.05, 4.69) is 10.3 Å². The Morgan fingerprint density at radius 2 is 1.90 bits per heavy atom. The second kappa shape index (κ2) is 8.02. The quantitative estimate of drug-likeness (QED) is 0.653. The third-order valence-corrected chi connectivity index (χ3v) is 5.09. The van der Waals surface area contributed by atoms with Crippen molar-refractivity contribution in [2.24, 2.45) is 0 Å². The van der Waals surface area contributed by atoms with Gasteiger partial charge >= 0.3 is 5.97 Å². The highest BCUT2D eigenvalue weighted by molar-refractivity contribution is 5.99. The van der Waals surface area contributed by atoms with Crippen molar-refractivity contribution < 1.29 is 23.8 Å². The van der Waals surface area contributed by atoms with E-state index < -0.39 is 12.1 Å². The van der Waals surface area contributed by atoms with Gasteiger partial charge in [-0.3, -0.25) is 9.78 Å². The molecule has 0 radical (unpaired) electrons. The molecule has 2 heterocycles. The van der Waals surface area contributed by atoms with E-state index in [4.69, 9.17) is 14.2 Å². The van der Waals surface area contributed by atoms with E-state index in [0.29, 0.717) is 22.8 Å². The maximum Gasteiger partial charge on any atom is 0.341 e. The number of aromatic nitrogens is 1.